The number of carbonyl (C=O) groups is 1. The van der Waals surface area contributed by atoms with Crippen molar-refractivity contribution in [3.05, 3.63) is 69.0 Å². The lowest BCUT2D eigenvalue weighted by Crippen LogP contribution is -2.31. The number of benzene rings is 2. The van der Waals surface area contributed by atoms with E-state index in [1.165, 1.54) is 25.1 Å². The molecule has 3 aromatic rings. The molecule has 9 heteroatoms. The van der Waals surface area contributed by atoms with Gasteiger partial charge in [0, 0.05) is 22.5 Å². The number of amides is 1. The second-order valence-corrected chi connectivity index (χ2v) is 6.78. The fraction of sp³-hybridized carbons (Fsp3) is 0.200. The fourth-order valence-electron chi connectivity index (χ4n) is 2.73. The second-order valence-electron chi connectivity index (χ2n) is 6.34. The number of aryl methyl sites for hydroxylation is 1. The summed E-state index contributed by atoms with van der Waals surface area (Å²) in [4.78, 5) is 23.9. The van der Waals surface area contributed by atoms with Crippen molar-refractivity contribution in [2.24, 2.45) is 0 Å². The van der Waals surface area contributed by atoms with E-state index in [-0.39, 0.29) is 16.4 Å². The molecule has 0 fully saturated rings. The molecule has 0 bridgehead atoms. The van der Waals surface area contributed by atoms with Gasteiger partial charge in [0.25, 0.3) is 5.91 Å². The van der Waals surface area contributed by atoms with E-state index in [4.69, 9.17) is 20.8 Å². The zero-order valence-corrected chi connectivity index (χ0v) is 16.0. The van der Waals surface area contributed by atoms with Crippen molar-refractivity contribution in [2.75, 3.05) is 5.32 Å². The average Bonchev–Trinajstić information content (AvgIpc) is 2.61. The lowest BCUT2D eigenvalue weighted by molar-refractivity contribution is -0.137. The molecular formula is C20H15ClF3NO4. The predicted molar refractivity (Wildman–Crippen MR) is 102 cm³/mol. The molecule has 0 saturated carbocycles. The highest BCUT2D eigenvalue weighted by molar-refractivity contribution is 6.30. The van der Waals surface area contributed by atoms with Crippen molar-refractivity contribution in [2.45, 2.75) is 26.1 Å². The quantitative estimate of drug-likeness (QED) is 0.585. The monoisotopic (exact) mass is 425 g/mol. The Bertz CT molecular complexity index is 1140. The third-order valence-corrected chi connectivity index (χ3v) is 4.38. The molecule has 0 aliphatic carbocycles. The molecule has 2 aromatic carbocycles. The van der Waals surface area contributed by atoms with Crippen LogP contribution < -0.4 is 15.7 Å². The Morgan fingerprint density at radius 2 is 1.90 bits per heavy atom. The third-order valence-electron chi connectivity index (χ3n) is 4.15. The van der Waals surface area contributed by atoms with Gasteiger partial charge in [-0.05, 0) is 49.7 Å². The van der Waals surface area contributed by atoms with Crippen LogP contribution in [-0.2, 0) is 11.0 Å². The van der Waals surface area contributed by atoms with E-state index in [1.54, 1.807) is 19.1 Å². The first-order chi connectivity index (χ1) is 13.5. The molecule has 3 rings (SSSR count). The van der Waals surface area contributed by atoms with Crippen molar-refractivity contribution >= 4 is 34.2 Å². The van der Waals surface area contributed by atoms with Crippen LogP contribution in [-0.4, -0.2) is 12.0 Å². The topological polar surface area (TPSA) is 68.5 Å². The standard InChI is InChI=1S/C20H15ClF3NO4/c1-10-7-18(26)29-17-9-13(4-5-14(10)17)28-11(2)19(27)25-16-6-3-12(21)8-15(16)20(22,23)24/h3-9,11H,1-2H3,(H,25,27). The molecule has 1 amide bonds. The van der Waals surface area contributed by atoms with E-state index in [1.807, 2.05) is 0 Å². The van der Waals surface area contributed by atoms with Gasteiger partial charge in [-0.1, -0.05) is 11.6 Å². The first kappa shape index (κ1) is 20.7. The molecule has 0 spiro atoms. The molecule has 1 unspecified atom stereocenters. The van der Waals surface area contributed by atoms with Gasteiger partial charge in [0.2, 0.25) is 0 Å². The number of fused-ring (bicyclic) bond motifs is 1. The van der Waals surface area contributed by atoms with Gasteiger partial charge < -0.3 is 14.5 Å². The molecule has 1 heterocycles. The number of anilines is 1. The Morgan fingerprint density at radius 1 is 1.17 bits per heavy atom. The van der Waals surface area contributed by atoms with Gasteiger partial charge in [-0.15, -0.1) is 0 Å². The lowest BCUT2D eigenvalue weighted by Gasteiger charge is -2.18. The van der Waals surface area contributed by atoms with Crippen LogP contribution >= 0.6 is 11.6 Å². The highest BCUT2D eigenvalue weighted by atomic mass is 35.5. The van der Waals surface area contributed by atoms with Crippen molar-refractivity contribution in [1.29, 1.82) is 0 Å². The van der Waals surface area contributed by atoms with Gasteiger partial charge in [0.1, 0.15) is 11.3 Å². The number of carbonyl (C=O) groups excluding carboxylic acids is 1. The summed E-state index contributed by atoms with van der Waals surface area (Å²) in [6.07, 6.45) is -5.81. The number of rotatable bonds is 4. The molecule has 0 saturated heterocycles. The maximum Gasteiger partial charge on any atom is 0.418 e. The highest BCUT2D eigenvalue weighted by Gasteiger charge is 2.34. The van der Waals surface area contributed by atoms with Crippen LogP contribution in [0.3, 0.4) is 0 Å². The number of hydrogen-bond donors (Lipinski definition) is 1. The summed E-state index contributed by atoms with van der Waals surface area (Å²) in [6, 6.07) is 9.07. The molecule has 5 nitrogen and oxygen atoms in total. The summed E-state index contributed by atoms with van der Waals surface area (Å²) in [5.74, 6) is -0.565. The number of nitrogens with one attached hydrogen (secondary N) is 1. The van der Waals surface area contributed by atoms with Crippen molar-refractivity contribution in [1.82, 2.24) is 0 Å². The van der Waals surface area contributed by atoms with Crippen LogP contribution in [0.2, 0.25) is 5.02 Å². The molecular weight excluding hydrogens is 411 g/mol. The molecule has 1 atom stereocenters. The van der Waals surface area contributed by atoms with E-state index >= 15 is 0 Å². The number of halogens is 4. The van der Waals surface area contributed by atoms with Crippen LogP contribution in [0.4, 0.5) is 18.9 Å². The number of alkyl halides is 3. The molecule has 1 aromatic heterocycles. The highest BCUT2D eigenvalue weighted by Crippen LogP contribution is 2.36. The van der Waals surface area contributed by atoms with Gasteiger partial charge >= 0.3 is 11.8 Å². The van der Waals surface area contributed by atoms with Gasteiger partial charge in [-0.3, -0.25) is 4.79 Å². The van der Waals surface area contributed by atoms with E-state index in [9.17, 15) is 22.8 Å². The minimum Gasteiger partial charge on any atom is -0.481 e. The Hall–Kier alpha value is -3.00. The second kappa shape index (κ2) is 7.79. The van der Waals surface area contributed by atoms with Crippen LogP contribution in [0.15, 0.2) is 51.7 Å². The van der Waals surface area contributed by atoms with Gasteiger partial charge in [-0.25, -0.2) is 4.79 Å². The van der Waals surface area contributed by atoms with Crippen LogP contribution in [0.5, 0.6) is 5.75 Å². The first-order valence-corrected chi connectivity index (χ1v) is 8.81. The smallest absolute Gasteiger partial charge is 0.418 e. The minimum atomic E-state index is -4.69. The lowest BCUT2D eigenvalue weighted by atomic mass is 10.1. The first-order valence-electron chi connectivity index (χ1n) is 8.43. The predicted octanol–water partition coefficient (Wildman–Crippen LogP) is 5.18. The summed E-state index contributed by atoms with van der Waals surface area (Å²) >= 11 is 5.63. The average molecular weight is 426 g/mol. The number of ether oxygens (including phenoxy) is 1. The van der Waals surface area contributed by atoms with Gasteiger partial charge in [0.15, 0.2) is 6.10 Å². The largest absolute Gasteiger partial charge is 0.481 e. The Morgan fingerprint density at radius 3 is 2.59 bits per heavy atom. The van der Waals surface area contributed by atoms with Crippen LogP contribution in [0.25, 0.3) is 11.0 Å². The van der Waals surface area contributed by atoms with E-state index in [0.717, 1.165) is 17.7 Å². The Kier molecular flexibility index (Phi) is 5.57. The zero-order chi connectivity index (χ0) is 21.3. The summed E-state index contributed by atoms with van der Waals surface area (Å²) in [5.41, 5.74) is -1.02. The maximum atomic E-state index is 13.2. The van der Waals surface area contributed by atoms with E-state index in [0.29, 0.717) is 5.39 Å². The van der Waals surface area contributed by atoms with E-state index in [2.05, 4.69) is 5.32 Å². The number of hydrogen-bond acceptors (Lipinski definition) is 4. The normalized spacial score (nSPS) is 12.6. The minimum absolute atomic E-state index is 0.104. The molecule has 0 radical (unpaired) electrons. The molecule has 1 N–H and O–H groups in total. The van der Waals surface area contributed by atoms with Gasteiger partial charge in [-0.2, -0.15) is 13.2 Å². The molecule has 152 valence electrons. The molecule has 0 aliphatic rings. The zero-order valence-electron chi connectivity index (χ0n) is 15.3. The molecule has 0 aliphatic heterocycles. The fourth-order valence-corrected chi connectivity index (χ4v) is 2.90. The maximum absolute atomic E-state index is 13.2. The van der Waals surface area contributed by atoms with Crippen molar-refractivity contribution in [3.63, 3.8) is 0 Å². The molecule has 29 heavy (non-hydrogen) atoms. The van der Waals surface area contributed by atoms with Gasteiger partial charge in [0.05, 0.1) is 11.3 Å². The van der Waals surface area contributed by atoms with Crippen LogP contribution in [0, 0.1) is 6.92 Å². The summed E-state index contributed by atoms with van der Waals surface area (Å²) < 4.78 is 50.1. The summed E-state index contributed by atoms with van der Waals surface area (Å²) in [6.45, 7) is 3.13. The SMILES string of the molecule is Cc1cc(=O)oc2cc(OC(C)C(=O)Nc3ccc(Cl)cc3C(F)(F)F)ccc12. The Balaban J connectivity index is 1.80. The van der Waals surface area contributed by atoms with Crippen molar-refractivity contribution < 1.29 is 27.1 Å². The van der Waals surface area contributed by atoms with E-state index < -0.39 is 35.1 Å². The summed E-state index contributed by atoms with van der Waals surface area (Å²) in [7, 11) is 0. The third kappa shape index (κ3) is 4.71. The Labute approximate surface area is 168 Å². The summed E-state index contributed by atoms with van der Waals surface area (Å²) in [5, 5.41) is 2.80. The van der Waals surface area contributed by atoms with Crippen LogP contribution in [0.1, 0.15) is 18.1 Å². The van der Waals surface area contributed by atoms with Crippen molar-refractivity contribution in [3.8, 4) is 5.75 Å².